The van der Waals surface area contributed by atoms with Crippen molar-refractivity contribution in [2.75, 3.05) is 19.8 Å². The van der Waals surface area contributed by atoms with Gasteiger partial charge in [0.1, 0.15) is 19.8 Å². The molecule has 0 N–H and O–H groups in total. The highest BCUT2D eigenvalue weighted by Crippen LogP contribution is 2.26. The zero-order valence-electron chi connectivity index (χ0n) is 41.0. The molecule has 0 spiro atoms. The van der Waals surface area contributed by atoms with Gasteiger partial charge in [-0.2, -0.15) is 0 Å². The van der Waals surface area contributed by atoms with Crippen LogP contribution in [0.4, 0.5) is 0 Å². The van der Waals surface area contributed by atoms with E-state index in [0.29, 0.717) is 25.7 Å². The second-order valence-corrected chi connectivity index (χ2v) is 18.8. The van der Waals surface area contributed by atoms with Gasteiger partial charge in [0.15, 0.2) is 0 Å². The standard InChI is InChI=1S/C54H104O6/c1-5-9-12-15-18-21-24-27-30-33-36-39-42-45-51(55)58-48-54(8-4,49-59-52(56)46-43-40-37-34-31-28-25-22-19-16-13-10-6-2)50-60-53(57)47-44-41-38-35-32-29-26-23-20-17-14-11-7-3/h5-50H2,1-4H3. The van der Waals surface area contributed by atoms with Crippen LogP contribution >= 0.6 is 0 Å². The Morgan fingerprint density at radius 1 is 0.267 bits per heavy atom. The molecule has 0 radical (unpaired) electrons. The first-order valence-corrected chi connectivity index (χ1v) is 26.9. The minimum atomic E-state index is -0.733. The van der Waals surface area contributed by atoms with Crippen LogP contribution < -0.4 is 0 Å². The third kappa shape index (κ3) is 41.7. The lowest BCUT2D eigenvalue weighted by Crippen LogP contribution is -2.39. The summed E-state index contributed by atoms with van der Waals surface area (Å²) >= 11 is 0. The maximum absolute atomic E-state index is 12.8. The fourth-order valence-electron chi connectivity index (χ4n) is 8.21. The summed E-state index contributed by atoms with van der Waals surface area (Å²) < 4.78 is 17.4. The maximum Gasteiger partial charge on any atom is 0.305 e. The molecule has 0 amide bonds. The van der Waals surface area contributed by atoms with Crippen LogP contribution in [0, 0.1) is 5.41 Å². The van der Waals surface area contributed by atoms with Gasteiger partial charge in [-0.3, -0.25) is 14.4 Å². The molecule has 0 bridgehead atoms. The van der Waals surface area contributed by atoms with Gasteiger partial charge in [-0.25, -0.2) is 0 Å². The van der Waals surface area contributed by atoms with Gasteiger partial charge < -0.3 is 14.2 Å². The fourth-order valence-corrected chi connectivity index (χ4v) is 8.21. The van der Waals surface area contributed by atoms with Gasteiger partial charge in [-0.1, -0.05) is 259 Å². The van der Waals surface area contributed by atoms with Crippen LogP contribution in [-0.4, -0.2) is 37.7 Å². The molecule has 6 nitrogen and oxygen atoms in total. The molecule has 6 heteroatoms. The van der Waals surface area contributed by atoms with E-state index in [1.807, 2.05) is 6.92 Å². The molecule has 0 fully saturated rings. The molecule has 0 aromatic rings. The second-order valence-electron chi connectivity index (χ2n) is 18.8. The van der Waals surface area contributed by atoms with Crippen LogP contribution in [0.15, 0.2) is 0 Å². The van der Waals surface area contributed by atoms with Crippen molar-refractivity contribution in [1.29, 1.82) is 0 Å². The number of rotatable bonds is 49. The Morgan fingerprint density at radius 3 is 0.600 bits per heavy atom. The van der Waals surface area contributed by atoms with Gasteiger partial charge in [-0.15, -0.1) is 0 Å². The summed E-state index contributed by atoms with van der Waals surface area (Å²) in [5.41, 5.74) is -0.733. The van der Waals surface area contributed by atoms with E-state index in [9.17, 15) is 14.4 Å². The predicted molar refractivity (Wildman–Crippen MR) is 257 cm³/mol. The van der Waals surface area contributed by atoms with Crippen molar-refractivity contribution in [3.05, 3.63) is 0 Å². The highest BCUT2D eigenvalue weighted by atomic mass is 16.6. The smallest absolute Gasteiger partial charge is 0.305 e. The van der Waals surface area contributed by atoms with E-state index < -0.39 is 5.41 Å². The minimum absolute atomic E-state index is 0.0960. The van der Waals surface area contributed by atoms with Gasteiger partial charge in [-0.05, 0) is 25.7 Å². The van der Waals surface area contributed by atoms with Crippen LogP contribution in [0.25, 0.3) is 0 Å². The summed E-state index contributed by atoms with van der Waals surface area (Å²) in [5.74, 6) is -0.646. The van der Waals surface area contributed by atoms with E-state index in [-0.39, 0.29) is 37.7 Å². The Bertz CT molecular complexity index is 806. The molecule has 0 saturated carbocycles. The summed E-state index contributed by atoms with van der Waals surface area (Å²) in [6.45, 7) is 9.10. The van der Waals surface area contributed by atoms with Crippen LogP contribution in [0.3, 0.4) is 0 Å². The molecular formula is C54H104O6. The molecule has 0 aliphatic carbocycles. The Kier molecular flexibility index (Phi) is 45.7. The summed E-state index contributed by atoms with van der Waals surface area (Å²) in [7, 11) is 0. The molecular weight excluding hydrogens is 745 g/mol. The SMILES string of the molecule is CCCCCCCCCCCCCCCC(=O)OCC(CC)(COC(=O)CCCCCCCCCCCCCCC)COC(=O)CCCCCCCCCCCCCCC. The lowest BCUT2D eigenvalue weighted by Gasteiger charge is -2.31. The molecule has 60 heavy (non-hydrogen) atoms. The van der Waals surface area contributed by atoms with E-state index >= 15 is 0 Å². The van der Waals surface area contributed by atoms with Gasteiger partial charge in [0, 0.05) is 19.3 Å². The first-order valence-electron chi connectivity index (χ1n) is 26.9. The second kappa shape index (κ2) is 46.9. The zero-order chi connectivity index (χ0) is 43.9. The van der Waals surface area contributed by atoms with Crippen molar-refractivity contribution < 1.29 is 28.6 Å². The highest BCUT2D eigenvalue weighted by molar-refractivity contribution is 5.70. The van der Waals surface area contributed by atoms with Crippen molar-refractivity contribution in [2.45, 2.75) is 304 Å². The van der Waals surface area contributed by atoms with Crippen LogP contribution in [-0.2, 0) is 28.6 Å². The van der Waals surface area contributed by atoms with E-state index in [2.05, 4.69) is 20.8 Å². The zero-order valence-corrected chi connectivity index (χ0v) is 41.0. The third-order valence-corrected chi connectivity index (χ3v) is 12.8. The Labute approximate surface area is 374 Å². The molecule has 0 aliphatic rings. The summed E-state index contributed by atoms with van der Waals surface area (Å²) in [6.07, 6.45) is 51.1. The van der Waals surface area contributed by atoms with Crippen molar-refractivity contribution >= 4 is 17.9 Å². The average Bonchev–Trinajstić information content (AvgIpc) is 3.25. The van der Waals surface area contributed by atoms with Crippen molar-refractivity contribution in [1.82, 2.24) is 0 Å². The highest BCUT2D eigenvalue weighted by Gasteiger charge is 2.34. The number of ether oxygens (including phenoxy) is 3. The monoisotopic (exact) mass is 849 g/mol. The molecule has 0 aliphatic heterocycles. The van der Waals surface area contributed by atoms with Gasteiger partial charge in [0.25, 0.3) is 0 Å². The molecule has 356 valence electrons. The number of carbonyl (C=O) groups excluding carboxylic acids is 3. The summed E-state index contributed by atoms with van der Waals surface area (Å²) in [5, 5.41) is 0. The van der Waals surface area contributed by atoms with Crippen molar-refractivity contribution in [3.8, 4) is 0 Å². The molecule has 0 unspecified atom stereocenters. The van der Waals surface area contributed by atoms with Crippen LogP contribution in [0.1, 0.15) is 304 Å². The number of carbonyl (C=O) groups is 3. The normalized spacial score (nSPS) is 11.6. The first-order chi connectivity index (χ1) is 29.4. The molecule has 0 heterocycles. The fraction of sp³-hybridized carbons (Fsp3) is 0.944. The van der Waals surface area contributed by atoms with Crippen LogP contribution in [0.5, 0.6) is 0 Å². The van der Waals surface area contributed by atoms with E-state index in [4.69, 9.17) is 14.2 Å². The molecule has 0 aromatic carbocycles. The molecule has 0 aromatic heterocycles. The Balaban J connectivity index is 4.56. The maximum atomic E-state index is 12.8. The predicted octanol–water partition coefficient (Wildman–Crippen LogP) is 17.5. The Morgan fingerprint density at radius 2 is 0.433 bits per heavy atom. The topological polar surface area (TPSA) is 78.9 Å². The number of esters is 3. The van der Waals surface area contributed by atoms with Gasteiger partial charge in [0.05, 0.1) is 5.41 Å². The van der Waals surface area contributed by atoms with Crippen molar-refractivity contribution in [3.63, 3.8) is 0 Å². The first kappa shape index (κ1) is 58.4. The number of hydrogen-bond donors (Lipinski definition) is 0. The molecule has 0 atom stereocenters. The Hall–Kier alpha value is -1.59. The van der Waals surface area contributed by atoms with Gasteiger partial charge in [0.2, 0.25) is 0 Å². The van der Waals surface area contributed by atoms with Crippen LogP contribution in [0.2, 0.25) is 0 Å². The number of unbranched alkanes of at least 4 members (excludes halogenated alkanes) is 36. The van der Waals surface area contributed by atoms with E-state index in [1.165, 1.54) is 193 Å². The minimum Gasteiger partial charge on any atom is -0.465 e. The lowest BCUT2D eigenvalue weighted by molar-refractivity contribution is -0.162. The van der Waals surface area contributed by atoms with Crippen molar-refractivity contribution in [2.24, 2.45) is 5.41 Å². The summed E-state index contributed by atoms with van der Waals surface area (Å²) in [6, 6.07) is 0. The quantitative estimate of drug-likeness (QED) is 0.0345. The lowest BCUT2D eigenvalue weighted by atomic mass is 9.88. The molecule has 0 rings (SSSR count). The summed E-state index contributed by atoms with van der Waals surface area (Å²) in [4.78, 5) is 38.5. The average molecular weight is 849 g/mol. The molecule has 0 saturated heterocycles. The number of hydrogen-bond acceptors (Lipinski definition) is 6. The third-order valence-electron chi connectivity index (χ3n) is 12.8. The van der Waals surface area contributed by atoms with E-state index in [1.54, 1.807) is 0 Å². The largest absolute Gasteiger partial charge is 0.465 e. The van der Waals surface area contributed by atoms with E-state index in [0.717, 1.165) is 57.8 Å². The van der Waals surface area contributed by atoms with Gasteiger partial charge >= 0.3 is 17.9 Å².